The lowest BCUT2D eigenvalue weighted by molar-refractivity contribution is 0.0237. The summed E-state index contributed by atoms with van der Waals surface area (Å²) in [5.74, 6) is 0. The molecule has 0 aliphatic heterocycles. The van der Waals surface area contributed by atoms with Gasteiger partial charge in [-0.1, -0.05) is 13.3 Å². The summed E-state index contributed by atoms with van der Waals surface area (Å²) < 4.78 is 5.72. The Morgan fingerprint density at radius 1 is 1.23 bits per heavy atom. The molecule has 2 N–H and O–H groups in total. The number of hydrogen-bond acceptors (Lipinski definition) is 2. The third-order valence-corrected chi connectivity index (χ3v) is 2.57. The summed E-state index contributed by atoms with van der Waals surface area (Å²) in [4.78, 5) is 0. The highest BCUT2D eigenvalue weighted by Crippen LogP contribution is 2.19. The van der Waals surface area contributed by atoms with E-state index in [1.54, 1.807) is 0 Å². The van der Waals surface area contributed by atoms with Crippen LogP contribution < -0.4 is 5.73 Å². The second kappa shape index (κ2) is 7.60. The highest BCUT2D eigenvalue weighted by atomic mass is 35.5. The first-order valence-corrected chi connectivity index (χ1v) is 5.20. The van der Waals surface area contributed by atoms with Gasteiger partial charge in [-0.25, -0.2) is 0 Å². The van der Waals surface area contributed by atoms with E-state index < -0.39 is 0 Å². The minimum atomic E-state index is 0. The van der Waals surface area contributed by atoms with E-state index in [0.717, 1.165) is 19.4 Å². The van der Waals surface area contributed by atoms with Gasteiger partial charge in [-0.3, -0.25) is 0 Å². The van der Waals surface area contributed by atoms with Crippen molar-refractivity contribution in [3.05, 3.63) is 0 Å². The first kappa shape index (κ1) is 13.2. The van der Waals surface area contributed by atoms with Gasteiger partial charge in [-0.15, -0.1) is 12.4 Å². The van der Waals surface area contributed by atoms with Gasteiger partial charge in [0.1, 0.15) is 0 Å². The molecule has 1 aliphatic rings. The average Bonchev–Trinajstić information content (AvgIpc) is 2.09. The largest absolute Gasteiger partial charge is 0.378 e. The molecule has 0 heterocycles. The highest BCUT2D eigenvalue weighted by Gasteiger charge is 2.18. The number of unbranched alkanes of at least 4 members (excludes halogenated alkanes) is 1. The Labute approximate surface area is 87.6 Å². The van der Waals surface area contributed by atoms with Crippen LogP contribution in [0.1, 0.15) is 45.4 Å². The van der Waals surface area contributed by atoms with Gasteiger partial charge in [-0.2, -0.15) is 0 Å². The fourth-order valence-electron chi connectivity index (χ4n) is 1.65. The molecular formula is C10H22ClNO. The Bertz CT molecular complexity index is 113. The molecule has 1 saturated carbocycles. The molecule has 0 aromatic heterocycles. The van der Waals surface area contributed by atoms with Gasteiger partial charge in [0.05, 0.1) is 6.10 Å². The summed E-state index contributed by atoms with van der Waals surface area (Å²) in [6.45, 7) is 3.14. The third-order valence-electron chi connectivity index (χ3n) is 2.57. The van der Waals surface area contributed by atoms with E-state index in [4.69, 9.17) is 10.5 Å². The van der Waals surface area contributed by atoms with Gasteiger partial charge in [0.25, 0.3) is 0 Å². The van der Waals surface area contributed by atoms with Crippen molar-refractivity contribution in [3.8, 4) is 0 Å². The normalized spacial score (nSPS) is 28.2. The van der Waals surface area contributed by atoms with Crippen molar-refractivity contribution in [1.29, 1.82) is 0 Å². The molecule has 1 rings (SSSR count). The van der Waals surface area contributed by atoms with Crippen LogP contribution in [-0.2, 0) is 4.74 Å². The van der Waals surface area contributed by atoms with Crippen LogP contribution in [0.3, 0.4) is 0 Å². The fourth-order valence-corrected chi connectivity index (χ4v) is 1.65. The molecule has 13 heavy (non-hydrogen) atoms. The first-order valence-electron chi connectivity index (χ1n) is 5.20. The minimum absolute atomic E-state index is 0. The highest BCUT2D eigenvalue weighted by molar-refractivity contribution is 5.85. The zero-order chi connectivity index (χ0) is 8.81. The Hall–Kier alpha value is 0.210. The van der Waals surface area contributed by atoms with Gasteiger partial charge < -0.3 is 10.5 Å². The molecule has 2 nitrogen and oxygen atoms in total. The maximum absolute atomic E-state index is 5.80. The van der Waals surface area contributed by atoms with Crippen LogP contribution in [0.15, 0.2) is 0 Å². The van der Waals surface area contributed by atoms with E-state index in [0.29, 0.717) is 12.1 Å². The topological polar surface area (TPSA) is 35.2 Å². The van der Waals surface area contributed by atoms with Crippen molar-refractivity contribution < 1.29 is 4.74 Å². The molecule has 0 amide bonds. The number of rotatable bonds is 4. The molecule has 0 bridgehead atoms. The zero-order valence-corrected chi connectivity index (χ0v) is 9.31. The van der Waals surface area contributed by atoms with Crippen LogP contribution in [0.2, 0.25) is 0 Å². The number of nitrogens with two attached hydrogens (primary N) is 1. The molecule has 0 aromatic rings. The summed E-state index contributed by atoms with van der Waals surface area (Å²) in [7, 11) is 0. The summed E-state index contributed by atoms with van der Waals surface area (Å²) in [6.07, 6.45) is 7.58. The molecule has 0 radical (unpaired) electrons. The maximum Gasteiger partial charge on any atom is 0.0576 e. The van der Waals surface area contributed by atoms with E-state index >= 15 is 0 Å². The fraction of sp³-hybridized carbons (Fsp3) is 1.00. The number of hydrogen-bond donors (Lipinski definition) is 1. The van der Waals surface area contributed by atoms with Gasteiger partial charge in [0.2, 0.25) is 0 Å². The SMILES string of the molecule is CCCCOC1CCC(N)CC1.Cl. The molecule has 0 aromatic carbocycles. The number of halogens is 1. The summed E-state index contributed by atoms with van der Waals surface area (Å²) in [5.41, 5.74) is 5.80. The Morgan fingerprint density at radius 3 is 2.38 bits per heavy atom. The molecule has 80 valence electrons. The first-order chi connectivity index (χ1) is 5.83. The van der Waals surface area contributed by atoms with E-state index in [-0.39, 0.29) is 12.4 Å². The van der Waals surface area contributed by atoms with Crippen molar-refractivity contribution in [3.63, 3.8) is 0 Å². The molecule has 0 saturated heterocycles. The van der Waals surface area contributed by atoms with Crippen molar-refractivity contribution in [2.75, 3.05) is 6.61 Å². The Morgan fingerprint density at radius 2 is 1.85 bits per heavy atom. The Kier molecular flexibility index (Phi) is 7.72. The van der Waals surface area contributed by atoms with E-state index in [2.05, 4.69) is 6.92 Å². The average molecular weight is 208 g/mol. The maximum atomic E-state index is 5.80. The monoisotopic (exact) mass is 207 g/mol. The summed E-state index contributed by atoms with van der Waals surface area (Å²) in [6, 6.07) is 0.441. The molecule has 3 heteroatoms. The van der Waals surface area contributed by atoms with E-state index in [9.17, 15) is 0 Å². The molecular weight excluding hydrogens is 186 g/mol. The van der Waals surface area contributed by atoms with Crippen LogP contribution in [0.5, 0.6) is 0 Å². The molecule has 0 atom stereocenters. The van der Waals surface area contributed by atoms with Gasteiger partial charge >= 0.3 is 0 Å². The summed E-state index contributed by atoms with van der Waals surface area (Å²) in [5, 5.41) is 0. The lowest BCUT2D eigenvalue weighted by Gasteiger charge is -2.26. The second-order valence-corrected chi connectivity index (χ2v) is 3.76. The van der Waals surface area contributed by atoms with Crippen LogP contribution >= 0.6 is 12.4 Å². The van der Waals surface area contributed by atoms with Crippen molar-refractivity contribution in [2.24, 2.45) is 5.73 Å². The predicted octanol–water partition coefficient (Wildman–Crippen LogP) is 2.49. The van der Waals surface area contributed by atoms with E-state index in [1.807, 2.05) is 0 Å². The lowest BCUT2D eigenvalue weighted by atomic mass is 9.94. The summed E-state index contributed by atoms with van der Waals surface area (Å²) >= 11 is 0. The number of ether oxygens (including phenoxy) is 1. The van der Waals surface area contributed by atoms with Gasteiger partial charge in [-0.05, 0) is 32.1 Å². The minimum Gasteiger partial charge on any atom is -0.378 e. The molecule has 1 fully saturated rings. The smallest absolute Gasteiger partial charge is 0.0576 e. The molecule has 1 aliphatic carbocycles. The van der Waals surface area contributed by atoms with Crippen LogP contribution in [-0.4, -0.2) is 18.8 Å². The van der Waals surface area contributed by atoms with Crippen molar-refractivity contribution in [2.45, 2.75) is 57.6 Å². The van der Waals surface area contributed by atoms with Gasteiger partial charge in [0, 0.05) is 12.6 Å². The third kappa shape index (κ3) is 5.50. The lowest BCUT2D eigenvalue weighted by Crippen LogP contribution is -2.30. The van der Waals surface area contributed by atoms with Gasteiger partial charge in [0.15, 0.2) is 0 Å². The molecule has 0 unspecified atom stereocenters. The van der Waals surface area contributed by atoms with E-state index in [1.165, 1.54) is 25.7 Å². The van der Waals surface area contributed by atoms with Crippen LogP contribution in [0, 0.1) is 0 Å². The van der Waals surface area contributed by atoms with Crippen molar-refractivity contribution >= 4 is 12.4 Å². The zero-order valence-electron chi connectivity index (χ0n) is 8.50. The van der Waals surface area contributed by atoms with Crippen LogP contribution in [0.4, 0.5) is 0 Å². The van der Waals surface area contributed by atoms with Crippen molar-refractivity contribution in [1.82, 2.24) is 0 Å². The standard InChI is InChI=1S/C10H21NO.ClH/c1-2-3-8-12-10-6-4-9(11)5-7-10;/h9-10H,2-8,11H2,1H3;1H. The van der Waals surface area contributed by atoms with Crippen LogP contribution in [0.25, 0.3) is 0 Å². The second-order valence-electron chi connectivity index (χ2n) is 3.76. The quantitative estimate of drug-likeness (QED) is 0.719. The Balaban J connectivity index is 0.00000144. The predicted molar refractivity (Wildman–Crippen MR) is 58.3 cm³/mol. The molecule has 0 spiro atoms.